The van der Waals surface area contributed by atoms with Gasteiger partial charge in [-0.15, -0.1) is 11.3 Å². The number of halogens is 1. The van der Waals surface area contributed by atoms with Crippen LogP contribution in [0.3, 0.4) is 0 Å². The Morgan fingerprint density at radius 1 is 1.50 bits per heavy atom. The van der Waals surface area contributed by atoms with Crippen molar-refractivity contribution in [3.05, 3.63) is 33.7 Å². The number of thiophene rings is 1. The molecule has 2 aromatic rings. The summed E-state index contributed by atoms with van der Waals surface area (Å²) >= 11 is 7.60. The van der Waals surface area contributed by atoms with E-state index in [9.17, 15) is 0 Å². The summed E-state index contributed by atoms with van der Waals surface area (Å²) in [6.45, 7) is 2.08. The Kier molecular flexibility index (Phi) is 2.45. The third-order valence-electron chi connectivity index (χ3n) is 2.26. The molecular weight excluding hydrogens is 214 g/mol. The summed E-state index contributed by atoms with van der Waals surface area (Å²) in [5.74, 6) is 0. The van der Waals surface area contributed by atoms with Crippen LogP contribution in [-0.4, -0.2) is 0 Å². The van der Waals surface area contributed by atoms with Crippen molar-refractivity contribution in [2.24, 2.45) is 0 Å². The lowest BCUT2D eigenvalue weighted by Gasteiger charge is -2.01. The fourth-order valence-electron chi connectivity index (χ4n) is 1.56. The zero-order chi connectivity index (χ0) is 10.1. The van der Waals surface area contributed by atoms with Crippen LogP contribution in [0, 0.1) is 11.3 Å². The van der Waals surface area contributed by atoms with Crippen molar-refractivity contribution in [2.75, 3.05) is 0 Å². The summed E-state index contributed by atoms with van der Waals surface area (Å²) in [5.41, 5.74) is 1.94. The first kappa shape index (κ1) is 9.51. The van der Waals surface area contributed by atoms with Gasteiger partial charge in [0, 0.05) is 10.8 Å². The Labute approximate surface area is 91.5 Å². The third-order valence-corrected chi connectivity index (χ3v) is 3.70. The first-order valence-electron chi connectivity index (χ1n) is 4.36. The van der Waals surface area contributed by atoms with Gasteiger partial charge in [-0.2, -0.15) is 5.26 Å². The number of rotatable bonds is 1. The van der Waals surface area contributed by atoms with Gasteiger partial charge in [0.2, 0.25) is 0 Å². The summed E-state index contributed by atoms with van der Waals surface area (Å²) in [5, 5.41) is 12.6. The summed E-state index contributed by atoms with van der Waals surface area (Å²) in [4.78, 5) is 0. The third kappa shape index (κ3) is 1.30. The second-order valence-corrected chi connectivity index (χ2v) is 4.31. The number of aryl methyl sites for hydroxylation is 1. The maximum atomic E-state index is 8.95. The predicted octanol–water partition coefficient (Wildman–Crippen LogP) is 3.99. The van der Waals surface area contributed by atoms with E-state index in [4.69, 9.17) is 16.9 Å². The number of nitriles is 1. The molecule has 1 nitrogen and oxygen atoms in total. The lowest BCUT2D eigenvalue weighted by molar-refractivity contribution is 1.16. The topological polar surface area (TPSA) is 23.8 Å². The molecular formula is C11H8ClNS. The van der Waals surface area contributed by atoms with Gasteiger partial charge in [-0.05, 0) is 18.1 Å². The van der Waals surface area contributed by atoms with Crippen LogP contribution in [0.25, 0.3) is 10.1 Å². The minimum Gasteiger partial charge on any atom is -0.192 e. The number of benzene rings is 1. The molecule has 0 unspecified atom stereocenters. The Balaban J connectivity index is 2.90. The molecule has 0 spiro atoms. The van der Waals surface area contributed by atoms with Gasteiger partial charge in [0.15, 0.2) is 0 Å². The molecule has 0 aliphatic rings. The molecule has 2 rings (SSSR count). The van der Waals surface area contributed by atoms with Gasteiger partial charge in [0.05, 0.1) is 15.3 Å². The summed E-state index contributed by atoms with van der Waals surface area (Å²) in [7, 11) is 0. The summed E-state index contributed by atoms with van der Waals surface area (Å²) < 4.78 is 1.03. The van der Waals surface area contributed by atoms with E-state index in [0.717, 1.165) is 27.1 Å². The van der Waals surface area contributed by atoms with Crippen molar-refractivity contribution in [1.82, 2.24) is 0 Å². The van der Waals surface area contributed by atoms with Crippen LogP contribution in [0.1, 0.15) is 18.1 Å². The van der Waals surface area contributed by atoms with Gasteiger partial charge in [-0.3, -0.25) is 0 Å². The monoisotopic (exact) mass is 221 g/mol. The minimum absolute atomic E-state index is 0.740. The first-order valence-corrected chi connectivity index (χ1v) is 5.62. The average Bonchev–Trinajstić information content (AvgIpc) is 2.63. The number of hydrogen-bond donors (Lipinski definition) is 0. The second-order valence-electron chi connectivity index (χ2n) is 3.03. The van der Waals surface area contributed by atoms with Crippen LogP contribution >= 0.6 is 22.9 Å². The van der Waals surface area contributed by atoms with Crippen molar-refractivity contribution in [2.45, 2.75) is 13.3 Å². The van der Waals surface area contributed by atoms with E-state index in [1.807, 2.05) is 17.5 Å². The lowest BCUT2D eigenvalue weighted by Crippen LogP contribution is -1.83. The minimum atomic E-state index is 0.740. The Morgan fingerprint density at radius 3 is 2.93 bits per heavy atom. The van der Waals surface area contributed by atoms with Gasteiger partial charge in [0.25, 0.3) is 0 Å². The molecule has 70 valence electrons. The predicted molar refractivity (Wildman–Crippen MR) is 60.9 cm³/mol. The normalized spacial score (nSPS) is 10.4. The fourth-order valence-corrected chi connectivity index (χ4v) is 2.80. The smallest absolute Gasteiger partial charge is 0.101 e. The van der Waals surface area contributed by atoms with Gasteiger partial charge < -0.3 is 0 Å². The standard InChI is InChI=1S/C11H8ClNS/c1-2-7-3-4-9(12)11-10(7)8(5-13)6-14-11/h3-4,6H,2H2,1H3. The van der Waals surface area contributed by atoms with E-state index in [0.29, 0.717) is 0 Å². The molecule has 0 saturated carbocycles. The van der Waals surface area contributed by atoms with Gasteiger partial charge >= 0.3 is 0 Å². The Morgan fingerprint density at radius 2 is 2.29 bits per heavy atom. The Bertz CT molecular complexity index is 522. The largest absolute Gasteiger partial charge is 0.192 e. The fraction of sp³-hybridized carbons (Fsp3) is 0.182. The van der Waals surface area contributed by atoms with Crippen LogP contribution in [0.2, 0.25) is 5.02 Å². The molecule has 0 amide bonds. The molecule has 3 heteroatoms. The molecule has 0 atom stereocenters. The van der Waals surface area contributed by atoms with Crippen molar-refractivity contribution >= 4 is 33.0 Å². The van der Waals surface area contributed by atoms with Crippen LogP contribution in [0.5, 0.6) is 0 Å². The molecule has 1 aromatic heterocycles. The zero-order valence-electron chi connectivity index (χ0n) is 7.67. The lowest BCUT2D eigenvalue weighted by atomic mass is 10.1. The highest BCUT2D eigenvalue weighted by Gasteiger charge is 2.10. The van der Waals surface area contributed by atoms with Crippen molar-refractivity contribution in [3.63, 3.8) is 0 Å². The molecule has 0 aliphatic heterocycles. The molecule has 1 heterocycles. The van der Waals surface area contributed by atoms with Gasteiger partial charge in [0.1, 0.15) is 6.07 Å². The number of hydrogen-bond acceptors (Lipinski definition) is 2. The molecule has 14 heavy (non-hydrogen) atoms. The van der Waals surface area contributed by atoms with E-state index in [1.54, 1.807) is 11.3 Å². The Hall–Kier alpha value is -1.04. The van der Waals surface area contributed by atoms with E-state index in [1.165, 1.54) is 5.56 Å². The molecule has 0 saturated heterocycles. The van der Waals surface area contributed by atoms with Crippen molar-refractivity contribution in [1.29, 1.82) is 5.26 Å². The van der Waals surface area contributed by atoms with Crippen LogP contribution < -0.4 is 0 Å². The van der Waals surface area contributed by atoms with E-state index in [-0.39, 0.29) is 0 Å². The molecule has 0 radical (unpaired) electrons. The molecule has 0 aliphatic carbocycles. The van der Waals surface area contributed by atoms with Gasteiger partial charge in [-0.1, -0.05) is 24.6 Å². The summed E-state index contributed by atoms with van der Waals surface area (Å²) in [6.07, 6.45) is 0.930. The highest BCUT2D eigenvalue weighted by molar-refractivity contribution is 7.18. The number of nitrogens with zero attached hydrogens (tertiary/aromatic N) is 1. The van der Waals surface area contributed by atoms with Crippen LogP contribution in [0.4, 0.5) is 0 Å². The quantitative estimate of drug-likeness (QED) is 0.715. The van der Waals surface area contributed by atoms with E-state index >= 15 is 0 Å². The van der Waals surface area contributed by atoms with Crippen LogP contribution in [0.15, 0.2) is 17.5 Å². The zero-order valence-corrected chi connectivity index (χ0v) is 9.25. The number of fused-ring (bicyclic) bond motifs is 1. The van der Waals surface area contributed by atoms with Crippen molar-refractivity contribution < 1.29 is 0 Å². The second kappa shape index (κ2) is 3.61. The first-order chi connectivity index (χ1) is 6.77. The van der Waals surface area contributed by atoms with Crippen LogP contribution in [-0.2, 0) is 6.42 Å². The van der Waals surface area contributed by atoms with Gasteiger partial charge in [-0.25, -0.2) is 0 Å². The van der Waals surface area contributed by atoms with E-state index < -0.39 is 0 Å². The molecule has 1 aromatic carbocycles. The highest BCUT2D eigenvalue weighted by Crippen LogP contribution is 2.34. The average molecular weight is 222 g/mol. The maximum absolute atomic E-state index is 8.95. The van der Waals surface area contributed by atoms with E-state index in [2.05, 4.69) is 13.0 Å². The van der Waals surface area contributed by atoms with Crippen molar-refractivity contribution in [3.8, 4) is 6.07 Å². The summed E-state index contributed by atoms with van der Waals surface area (Å²) in [6, 6.07) is 6.11. The maximum Gasteiger partial charge on any atom is 0.101 e. The molecule has 0 bridgehead atoms. The molecule has 0 N–H and O–H groups in total. The highest BCUT2D eigenvalue weighted by atomic mass is 35.5. The SMILES string of the molecule is CCc1ccc(Cl)c2scc(C#N)c12. The molecule has 0 fully saturated rings.